The fraction of sp³-hybridized carbons (Fsp3) is 0.111. The van der Waals surface area contributed by atoms with Gasteiger partial charge in [0.15, 0.2) is 0 Å². The number of amides is 1. The molecule has 0 atom stereocenters. The van der Waals surface area contributed by atoms with E-state index in [1.165, 1.54) is 17.4 Å². The van der Waals surface area contributed by atoms with Crippen LogP contribution in [0.2, 0.25) is 0 Å². The molecule has 7 nitrogen and oxygen atoms in total. The van der Waals surface area contributed by atoms with Crippen molar-refractivity contribution < 1.29 is 14.7 Å². The summed E-state index contributed by atoms with van der Waals surface area (Å²) in [4.78, 5) is 32.8. The van der Waals surface area contributed by atoms with Crippen LogP contribution in [0.3, 0.4) is 0 Å². The third-order valence-corrected chi connectivity index (χ3v) is 4.67. The minimum absolute atomic E-state index is 0.0619. The normalized spacial score (nSPS) is 10.5. The molecular formula is C18H16N4O3S. The average Bonchev–Trinajstić information content (AvgIpc) is 3.10. The van der Waals surface area contributed by atoms with Crippen molar-refractivity contribution in [2.45, 2.75) is 12.8 Å². The number of anilines is 2. The van der Waals surface area contributed by atoms with Gasteiger partial charge in [-0.25, -0.2) is 9.78 Å². The molecule has 0 fully saturated rings. The van der Waals surface area contributed by atoms with E-state index < -0.39 is 5.97 Å². The second-order valence-corrected chi connectivity index (χ2v) is 6.61. The third kappa shape index (κ3) is 4.22. The Bertz CT molecular complexity index is 938. The molecule has 0 bridgehead atoms. The maximum absolute atomic E-state index is 12.1. The zero-order valence-electron chi connectivity index (χ0n) is 13.7. The van der Waals surface area contributed by atoms with Gasteiger partial charge in [0.1, 0.15) is 0 Å². The summed E-state index contributed by atoms with van der Waals surface area (Å²) < 4.78 is 0. The van der Waals surface area contributed by atoms with Crippen molar-refractivity contribution in [3.8, 4) is 10.6 Å². The van der Waals surface area contributed by atoms with E-state index in [1.54, 1.807) is 36.7 Å². The highest BCUT2D eigenvalue weighted by Gasteiger charge is 2.13. The molecule has 0 aliphatic heterocycles. The number of benzene rings is 1. The number of carboxylic acid groups (broad SMARTS) is 1. The molecule has 1 aromatic carbocycles. The number of pyridine rings is 1. The van der Waals surface area contributed by atoms with Crippen molar-refractivity contribution in [1.29, 1.82) is 0 Å². The topological polar surface area (TPSA) is 118 Å². The number of nitrogens with zero attached hydrogens (tertiary/aromatic N) is 2. The fourth-order valence-electron chi connectivity index (χ4n) is 2.31. The lowest BCUT2D eigenvalue weighted by atomic mass is 10.1. The first-order valence-corrected chi connectivity index (χ1v) is 8.63. The molecule has 0 spiro atoms. The SMILES string of the molecule is Nc1ccc(-c2cnc(CCC(=O)Nc3ccccc3C(=O)O)s2)nc1. The predicted octanol–water partition coefficient (Wildman–Crippen LogP) is 3.06. The van der Waals surface area contributed by atoms with Crippen molar-refractivity contribution in [1.82, 2.24) is 9.97 Å². The van der Waals surface area contributed by atoms with Crippen LogP contribution in [0.4, 0.5) is 11.4 Å². The summed E-state index contributed by atoms with van der Waals surface area (Å²) in [7, 11) is 0. The van der Waals surface area contributed by atoms with E-state index in [1.807, 2.05) is 6.07 Å². The number of hydrogen-bond donors (Lipinski definition) is 3. The van der Waals surface area contributed by atoms with Gasteiger partial charge < -0.3 is 16.2 Å². The van der Waals surface area contributed by atoms with E-state index in [9.17, 15) is 9.59 Å². The van der Waals surface area contributed by atoms with E-state index in [0.29, 0.717) is 12.1 Å². The number of para-hydroxylation sites is 1. The maximum atomic E-state index is 12.1. The largest absolute Gasteiger partial charge is 0.478 e. The Balaban J connectivity index is 1.60. The second kappa shape index (κ2) is 7.75. The Morgan fingerprint density at radius 3 is 2.65 bits per heavy atom. The van der Waals surface area contributed by atoms with E-state index in [4.69, 9.17) is 10.8 Å². The number of aromatic carboxylic acids is 1. The van der Waals surface area contributed by atoms with Gasteiger partial charge >= 0.3 is 5.97 Å². The maximum Gasteiger partial charge on any atom is 0.337 e. The molecule has 1 amide bonds. The fourth-order valence-corrected chi connectivity index (χ4v) is 3.20. The van der Waals surface area contributed by atoms with Crippen LogP contribution >= 0.6 is 11.3 Å². The van der Waals surface area contributed by atoms with E-state index in [0.717, 1.165) is 15.6 Å². The summed E-state index contributed by atoms with van der Waals surface area (Å²) in [6.45, 7) is 0. The number of aromatic nitrogens is 2. The number of nitrogens with two attached hydrogens (primary N) is 1. The molecule has 0 unspecified atom stereocenters. The number of nitrogen functional groups attached to an aromatic ring is 1. The van der Waals surface area contributed by atoms with Crippen LogP contribution in [-0.2, 0) is 11.2 Å². The zero-order chi connectivity index (χ0) is 18.5. The number of rotatable bonds is 6. The van der Waals surface area contributed by atoms with Gasteiger partial charge in [0.2, 0.25) is 5.91 Å². The molecule has 8 heteroatoms. The molecule has 2 aromatic heterocycles. The number of carboxylic acids is 1. The van der Waals surface area contributed by atoms with E-state index >= 15 is 0 Å². The summed E-state index contributed by atoms with van der Waals surface area (Å²) >= 11 is 1.46. The van der Waals surface area contributed by atoms with E-state index in [-0.39, 0.29) is 23.6 Å². The van der Waals surface area contributed by atoms with Gasteiger partial charge in [-0.1, -0.05) is 12.1 Å². The number of carbonyl (C=O) groups is 2. The Morgan fingerprint density at radius 1 is 1.12 bits per heavy atom. The summed E-state index contributed by atoms with van der Waals surface area (Å²) in [6.07, 6.45) is 3.97. The van der Waals surface area contributed by atoms with Gasteiger partial charge in [0.25, 0.3) is 0 Å². The van der Waals surface area contributed by atoms with E-state index in [2.05, 4.69) is 15.3 Å². The molecule has 4 N–H and O–H groups in total. The molecular weight excluding hydrogens is 352 g/mol. The molecule has 2 heterocycles. The number of nitrogens with one attached hydrogen (secondary N) is 1. The molecule has 26 heavy (non-hydrogen) atoms. The monoisotopic (exact) mass is 368 g/mol. The highest BCUT2D eigenvalue weighted by Crippen LogP contribution is 2.25. The standard InChI is InChI=1S/C18H16N4O3S/c19-11-5-6-14(20-9-11)15-10-21-17(26-15)8-7-16(23)22-13-4-2-1-3-12(13)18(24)25/h1-6,9-10H,7-8,19H2,(H,22,23)(H,24,25). The van der Waals surface area contributed by atoms with Gasteiger partial charge in [-0.15, -0.1) is 11.3 Å². The smallest absolute Gasteiger partial charge is 0.337 e. The quantitative estimate of drug-likeness (QED) is 0.615. The van der Waals surface area contributed by atoms with Crippen LogP contribution in [-0.4, -0.2) is 27.0 Å². The van der Waals surface area contributed by atoms with Gasteiger partial charge in [-0.05, 0) is 24.3 Å². The summed E-state index contributed by atoms with van der Waals surface area (Å²) in [6, 6.07) is 9.90. The van der Waals surface area contributed by atoms with Crippen LogP contribution in [0.15, 0.2) is 48.8 Å². The lowest BCUT2D eigenvalue weighted by Crippen LogP contribution is -2.15. The average molecular weight is 368 g/mol. The Kier molecular flexibility index (Phi) is 5.23. The highest BCUT2D eigenvalue weighted by molar-refractivity contribution is 7.15. The second-order valence-electron chi connectivity index (χ2n) is 5.49. The van der Waals surface area contributed by atoms with Gasteiger partial charge in [0, 0.05) is 19.0 Å². The van der Waals surface area contributed by atoms with Crippen molar-refractivity contribution in [3.63, 3.8) is 0 Å². The first kappa shape index (κ1) is 17.6. The Morgan fingerprint density at radius 2 is 1.92 bits per heavy atom. The molecule has 3 aromatic rings. The minimum Gasteiger partial charge on any atom is -0.478 e. The Hall–Kier alpha value is -3.26. The van der Waals surface area contributed by atoms with Crippen LogP contribution < -0.4 is 11.1 Å². The van der Waals surface area contributed by atoms with Gasteiger partial charge in [0.05, 0.1) is 38.7 Å². The lowest BCUT2D eigenvalue weighted by Gasteiger charge is -2.07. The number of thiazole rings is 1. The van der Waals surface area contributed by atoms with Crippen LogP contribution in [0.5, 0.6) is 0 Å². The van der Waals surface area contributed by atoms with Crippen molar-refractivity contribution in [3.05, 3.63) is 59.4 Å². The summed E-state index contributed by atoms with van der Waals surface area (Å²) in [5, 5.41) is 12.6. The molecule has 132 valence electrons. The van der Waals surface area contributed by atoms with Crippen LogP contribution in [0.1, 0.15) is 21.8 Å². The Labute approximate surface area is 153 Å². The molecule has 0 saturated carbocycles. The zero-order valence-corrected chi connectivity index (χ0v) is 14.5. The number of hydrogen-bond acceptors (Lipinski definition) is 6. The van der Waals surface area contributed by atoms with Gasteiger partial charge in [-0.3, -0.25) is 9.78 Å². The molecule has 0 saturated heterocycles. The number of carbonyl (C=O) groups excluding carboxylic acids is 1. The molecule has 0 aliphatic rings. The van der Waals surface area contributed by atoms with Crippen molar-refractivity contribution >= 4 is 34.6 Å². The first-order chi connectivity index (χ1) is 12.5. The molecule has 0 aliphatic carbocycles. The molecule has 3 rings (SSSR count). The van der Waals surface area contributed by atoms with Gasteiger partial charge in [-0.2, -0.15) is 0 Å². The predicted molar refractivity (Wildman–Crippen MR) is 100 cm³/mol. The summed E-state index contributed by atoms with van der Waals surface area (Å²) in [5.41, 5.74) is 7.35. The van der Waals surface area contributed by atoms with Crippen molar-refractivity contribution in [2.24, 2.45) is 0 Å². The first-order valence-electron chi connectivity index (χ1n) is 7.81. The number of aryl methyl sites for hydroxylation is 1. The highest BCUT2D eigenvalue weighted by atomic mass is 32.1. The summed E-state index contributed by atoms with van der Waals surface area (Å²) in [5.74, 6) is -1.34. The minimum atomic E-state index is -1.08. The third-order valence-electron chi connectivity index (χ3n) is 3.59. The van der Waals surface area contributed by atoms with Crippen LogP contribution in [0.25, 0.3) is 10.6 Å². The van der Waals surface area contributed by atoms with Crippen LogP contribution in [0, 0.1) is 0 Å². The lowest BCUT2D eigenvalue weighted by molar-refractivity contribution is -0.116. The molecule has 0 radical (unpaired) electrons. The van der Waals surface area contributed by atoms with Crippen molar-refractivity contribution in [2.75, 3.05) is 11.1 Å².